The normalized spacial score (nSPS) is 16.3. The zero-order chi connectivity index (χ0) is 22.2. The van der Waals surface area contributed by atoms with Gasteiger partial charge in [-0.1, -0.05) is 65.0 Å². The Balaban J connectivity index is 0.000000595. The van der Waals surface area contributed by atoms with Crippen molar-refractivity contribution in [1.29, 1.82) is 0 Å². The number of hydrogen-bond donors (Lipinski definition) is 1. The molecule has 0 aromatic heterocycles. The lowest BCUT2D eigenvalue weighted by atomic mass is 9.94. The molecule has 1 aliphatic carbocycles. The standard InChI is InChI=1S/C13H19NO4.C8H10O.C2H6/c1-8(2)12(14-7-15)13(17)18-11-5-9(3)4-10(16)6-11;1-9-7-8-5-3-2-4-6-8;1-2/h6-9,12H,4-5H2,1-3H3,(H,14,15);2-6H,7H2,1H3;1-2H3/t9?,12-;;/m0../s1. The Labute approximate surface area is 174 Å². The number of methoxy groups -OCH3 is 1. The van der Waals surface area contributed by atoms with Gasteiger partial charge in [-0.3, -0.25) is 9.59 Å². The van der Waals surface area contributed by atoms with Gasteiger partial charge in [0.15, 0.2) is 5.78 Å². The number of amides is 1. The largest absolute Gasteiger partial charge is 0.429 e. The fraction of sp³-hybridized carbons (Fsp3) is 0.522. The van der Waals surface area contributed by atoms with Crippen LogP contribution in [0.5, 0.6) is 0 Å². The van der Waals surface area contributed by atoms with E-state index in [0.717, 1.165) is 0 Å². The van der Waals surface area contributed by atoms with Crippen molar-refractivity contribution in [3.05, 3.63) is 47.7 Å². The van der Waals surface area contributed by atoms with Gasteiger partial charge in [0.25, 0.3) is 0 Å². The summed E-state index contributed by atoms with van der Waals surface area (Å²) in [6.07, 6.45) is 2.91. The van der Waals surface area contributed by atoms with Crippen molar-refractivity contribution in [2.75, 3.05) is 7.11 Å². The van der Waals surface area contributed by atoms with Crippen molar-refractivity contribution < 1.29 is 23.9 Å². The molecule has 2 atom stereocenters. The Morgan fingerprint density at radius 1 is 1.21 bits per heavy atom. The van der Waals surface area contributed by atoms with Crippen LogP contribution >= 0.6 is 0 Å². The van der Waals surface area contributed by atoms with Gasteiger partial charge < -0.3 is 14.8 Å². The molecule has 29 heavy (non-hydrogen) atoms. The summed E-state index contributed by atoms with van der Waals surface area (Å²) in [5.41, 5.74) is 1.22. The topological polar surface area (TPSA) is 81.7 Å². The number of carbonyl (C=O) groups is 3. The molecule has 0 saturated heterocycles. The summed E-state index contributed by atoms with van der Waals surface area (Å²) in [6.45, 7) is 10.3. The van der Waals surface area contributed by atoms with Gasteiger partial charge in [0.2, 0.25) is 6.41 Å². The minimum absolute atomic E-state index is 0.0269. The van der Waals surface area contributed by atoms with Crippen LogP contribution in [0.15, 0.2) is 42.2 Å². The van der Waals surface area contributed by atoms with E-state index in [1.807, 2.05) is 65.0 Å². The van der Waals surface area contributed by atoms with Crippen LogP contribution in [0.1, 0.15) is 53.0 Å². The van der Waals surface area contributed by atoms with Crippen molar-refractivity contribution in [1.82, 2.24) is 5.32 Å². The molecule has 0 saturated carbocycles. The van der Waals surface area contributed by atoms with Crippen molar-refractivity contribution in [2.24, 2.45) is 11.8 Å². The summed E-state index contributed by atoms with van der Waals surface area (Å²) in [4.78, 5) is 33.6. The fourth-order valence-electron chi connectivity index (χ4n) is 2.67. The molecule has 0 spiro atoms. The maximum atomic E-state index is 11.9. The van der Waals surface area contributed by atoms with Crippen LogP contribution in [0.2, 0.25) is 0 Å². The number of ether oxygens (including phenoxy) is 2. The lowest BCUT2D eigenvalue weighted by molar-refractivity contribution is -0.144. The molecule has 1 aliphatic rings. The third kappa shape index (κ3) is 11.2. The molecular weight excluding hydrogens is 370 g/mol. The maximum absolute atomic E-state index is 11.9. The molecule has 2 rings (SSSR count). The predicted molar refractivity (Wildman–Crippen MR) is 114 cm³/mol. The Morgan fingerprint density at radius 2 is 1.83 bits per heavy atom. The lowest BCUT2D eigenvalue weighted by Gasteiger charge is -2.22. The quantitative estimate of drug-likeness (QED) is 0.547. The highest BCUT2D eigenvalue weighted by atomic mass is 16.5. The van der Waals surface area contributed by atoms with Gasteiger partial charge in [-0.15, -0.1) is 0 Å². The molecule has 1 aromatic carbocycles. The molecule has 1 unspecified atom stereocenters. The van der Waals surface area contributed by atoms with Gasteiger partial charge in [-0.25, -0.2) is 4.79 Å². The molecule has 1 aromatic rings. The van der Waals surface area contributed by atoms with E-state index in [2.05, 4.69) is 5.32 Å². The summed E-state index contributed by atoms with van der Waals surface area (Å²) in [5, 5.41) is 2.43. The van der Waals surface area contributed by atoms with Gasteiger partial charge >= 0.3 is 5.97 Å². The van der Waals surface area contributed by atoms with E-state index >= 15 is 0 Å². The summed E-state index contributed by atoms with van der Waals surface area (Å²) < 4.78 is 10.1. The molecule has 6 nitrogen and oxygen atoms in total. The van der Waals surface area contributed by atoms with Gasteiger partial charge in [0.05, 0.1) is 6.61 Å². The van der Waals surface area contributed by atoms with Gasteiger partial charge in [-0.05, 0) is 17.4 Å². The van der Waals surface area contributed by atoms with Gasteiger partial charge in [0.1, 0.15) is 11.8 Å². The first-order valence-electron chi connectivity index (χ1n) is 10.0. The lowest BCUT2D eigenvalue weighted by Crippen LogP contribution is -2.41. The number of esters is 1. The molecule has 0 fully saturated rings. The highest BCUT2D eigenvalue weighted by Crippen LogP contribution is 2.23. The van der Waals surface area contributed by atoms with Crippen LogP contribution in [0.4, 0.5) is 0 Å². The Morgan fingerprint density at radius 3 is 2.31 bits per heavy atom. The third-order valence-electron chi connectivity index (χ3n) is 3.97. The fourth-order valence-corrected chi connectivity index (χ4v) is 2.67. The van der Waals surface area contributed by atoms with Gasteiger partial charge in [0, 0.05) is 26.0 Å². The molecule has 1 N–H and O–H groups in total. The van der Waals surface area contributed by atoms with E-state index in [4.69, 9.17) is 9.47 Å². The van der Waals surface area contributed by atoms with Crippen LogP contribution in [0, 0.1) is 11.8 Å². The first kappa shape index (κ1) is 26.5. The number of hydrogen-bond acceptors (Lipinski definition) is 5. The number of ketones is 1. The number of benzene rings is 1. The van der Waals surface area contributed by atoms with Crippen LogP contribution < -0.4 is 5.32 Å². The number of rotatable bonds is 7. The SMILES string of the molecule is CC.CC1CC(=O)C=C(OC(=O)[C@@H](NC=O)C(C)C)C1.COCc1ccccc1. The molecule has 0 bridgehead atoms. The first-order chi connectivity index (χ1) is 13.9. The second-order valence-electron chi connectivity index (χ2n) is 6.94. The number of nitrogens with one attached hydrogen (secondary N) is 1. The summed E-state index contributed by atoms with van der Waals surface area (Å²) in [7, 11) is 1.70. The van der Waals surface area contributed by atoms with E-state index in [9.17, 15) is 14.4 Å². The monoisotopic (exact) mass is 405 g/mol. The predicted octanol–water partition coefficient (Wildman–Crippen LogP) is 4.04. The first-order valence-corrected chi connectivity index (χ1v) is 10.0. The van der Waals surface area contributed by atoms with Crippen LogP contribution in [-0.2, 0) is 30.5 Å². The average Bonchev–Trinajstić information content (AvgIpc) is 2.68. The second-order valence-corrected chi connectivity index (χ2v) is 6.94. The highest BCUT2D eigenvalue weighted by Gasteiger charge is 2.26. The van der Waals surface area contributed by atoms with Crippen LogP contribution in [0.25, 0.3) is 0 Å². The molecular formula is C23H35NO5. The van der Waals surface area contributed by atoms with E-state index in [0.29, 0.717) is 31.6 Å². The molecule has 0 radical (unpaired) electrons. The molecule has 0 aliphatic heterocycles. The van der Waals surface area contributed by atoms with E-state index < -0.39 is 12.0 Å². The number of allylic oxidation sites excluding steroid dienone is 2. The Bertz CT molecular complexity index is 640. The van der Waals surface area contributed by atoms with Crippen LogP contribution in [0.3, 0.4) is 0 Å². The number of carbonyl (C=O) groups excluding carboxylic acids is 3. The average molecular weight is 406 g/mol. The van der Waals surface area contributed by atoms with Crippen molar-refractivity contribution >= 4 is 18.2 Å². The molecule has 0 heterocycles. The zero-order valence-corrected chi connectivity index (χ0v) is 18.4. The Hall–Kier alpha value is -2.47. The van der Waals surface area contributed by atoms with Crippen LogP contribution in [-0.4, -0.2) is 31.3 Å². The smallest absolute Gasteiger partial charge is 0.333 e. The summed E-state index contributed by atoms with van der Waals surface area (Å²) >= 11 is 0. The minimum atomic E-state index is -0.685. The van der Waals surface area contributed by atoms with E-state index in [-0.39, 0.29) is 17.6 Å². The van der Waals surface area contributed by atoms with Crippen molar-refractivity contribution in [2.45, 2.75) is 60.1 Å². The zero-order valence-electron chi connectivity index (χ0n) is 18.4. The summed E-state index contributed by atoms with van der Waals surface area (Å²) in [6, 6.07) is 9.42. The van der Waals surface area contributed by atoms with Crippen molar-refractivity contribution in [3.8, 4) is 0 Å². The van der Waals surface area contributed by atoms with E-state index in [1.165, 1.54) is 11.6 Å². The minimum Gasteiger partial charge on any atom is -0.429 e. The maximum Gasteiger partial charge on any atom is 0.333 e. The molecule has 6 heteroatoms. The third-order valence-corrected chi connectivity index (χ3v) is 3.97. The second kappa shape index (κ2) is 15.5. The Kier molecular flexibility index (Phi) is 14.1. The highest BCUT2D eigenvalue weighted by molar-refractivity contribution is 5.91. The van der Waals surface area contributed by atoms with Gasteiger partial charge in [-0.2, -0.15) is 0 Å². The van der Waals surface area contributed by atoms with Crippen molar-refractivity contribution in [3.63, 3.8) is 0 Å². The van der Waals surface area contributed by atoms with E-state index in [1.54, 1.807) is 7.11 Å². The molecule has 1 amide bonds. The summed E-state index contributed by atoms with van der Waals surface area (Å²) in [5.74, 6) is -0.0461. The molecule has 162 valence electrons.